The molecule has 0 N–H and O–H groups in total. The molecule has 0 bridgehead atoms. The molecule has 0 fully saturated rings. The molecule has 5 nitrogen and oxygen atoms in total. The van der Waals surface area contributed by atoms with Gasteiger partial charge in [-0.25, -0.2) is 8.42 Å². The van der Waals surface area contributed by atoms with E-state index in [1.54, 1.807) is 0 Å². The van der Waals surface area contributed by atoms with Gasteiger partial charge in [0.2, 0.25) is 5.82 Å². The van der Waals surface area contributed by atoms with Crippen molar-refractivity contribution in [3.05, 3.63) is 5.82 Å². The van der Waals surface area contributed by atoms with E-state index in [1.807, 2.05) is 0 Å². The summed E-state index contributed by atoms with van der Waals surface area (Å²) in [5, 5.41) is 4.84. The summed E-state index contributed by atoms with van der Waals surface area (Å²) in [5.74, 6) is -1.39. The van der Waals surface area contributed by atoms with Crippen LogP contribution in [0.15, 0.2) is 5.16 Å². The third kappa shape index (κ3) is 2.46. The van der Waals surface area contributed by atoms with Crippen LogP contribution in [0.3, 0.4) is 0 Å². The Morgan fingerprint density at radius 2 is 1.81 bits per heavy atom. The van der Waals surface area contributed by atoms with Crippen LogP contribution >= 0.6 is 10.7 Å². The minimum Gasteiger partial charge on any atom is -0.291 e. The third-order valence-corrected chi connectivity index (χ3v) is 2.78. The van der Waals surface area contributed by atoms with Gasteiger partial charge in [-0.05, 0) is 13.8 Å². The largest absolute Gasteiger partial charge is 0.451 e. The fourth-order valence-electron chi connectivity index (χ4n) is 1.10. The molecule has 0 radical (unpaired) electrons. The zero-order valence-corrected chi connectivity index (χ0v) is 9.73. The summed E-state index contributed by atoms with van der Waals surface area (Å²) < 4.78 is 59.7. The zero-order valence-electron chi connectivity index (χ0n) is 8.16. The molecule has 0 aliphatic carbocycles. The van der Waals surface area contributed by atoms with Crippen LogP contribution in [-0.2, 0) is 15.2 Å². The van der Waals surface area contributed by atoms with E-state index in [1.165, 1.54) is 13.8 Å². The molecule has 0 aliphatic heterocycles. The molecule has 0 aromatic carbocycles. The number of hydrogen-bond donors (Lipinski definition) is 0. The van der Waals surface area contributed by atoms with Gasteiger partial charge >= 0.3 is 6.18 Å². The number of halogens is 4. The minimum absolute atomic E-state index is 0.433. The van der Waals surface area contributed by atoms with Crippen LogP contribution in [0.1, 0.15) is 25.7 Å². The number of hydrogen-bond acceptors (Lipinski definition) is 4. The summed E-state index contributed by atoms with van der Waals surface area (Å²) in [6.45, 7) is 2.73. The Hall–Kier alpha value is -0.830. The first-order valence-electron chi connectivity index (χ1n) is 4.02. The van der Waals surface area contributed by atoms with E-state index in [2.05, 4.69) is 10.2 Å². The van der Waals surface area contributed by atoms with Gasteiger partial charge < -0.3 is 0 Å². The molecule has 0 saturated carbocycles. The van der Waals surface area contributed by atoms with Gasteiger partial charge in [0.15, 0.2) is 0 Å². The van der Waals surface area contributed by atoms with Crippen molar-refractivity contribution in [1.29, 1.82) is 0 Å². The molecule has 1 aromatic rings. The summed E-state index contributed by atoms with van der Waals surface area (Å²) in [7, 11) is 0.596. The Morgan fingerprint density at radius 1 is 1.31 bits per heavy atom. The number of aromatic nitrogens is 3. The van der Waals surface area contributed by atoms with Crippen LogP contribution in [0.5, 0.6) is 0 Å². The first-order chi connectivity index (χ1) is 7.05. The normalized spacial score (nSPS) is 13.4. The van der Waals surface area contributed by atoms with Crippen LogP contribution in [0.25, 0.3) is 0 Å². The molecule has 16 heavy (non-hydrogen) atoms. The van der Waals surface area contributed by atoms with E-state index in [0.717, 1.165) is 0 Å². The van der Waals surface area contributed by atoms with Crippen molar-refractivity contribution in [2.45, 2.75) is 31.2 Å². The van der Waals surface area contributed by atoms with Gasteiger partial charge in [0, 0.05) is 16.7 Å². The van der Waals surface area contributed by atoms with Crippen molar-refractivity contribution in [3.63, 3.8) is 0 Å². The number of rotatable bonds is 2. The first kappa shape index (κ1) is 13.2. The lowest BCUT2D eigenvalue weighted by Crippen LogP contribution is -2.18. The summed E-state index contributed by atoms with van der Waals surface area (Å²) in [6.07, 6.45) is -4.78. The van der Waals surface area contributed by atoms with Crippen molar-refractivity contribution in [1.82, 2.24) is 14.8 Å². The van der Waals surface area contributed by atoms with E-state index in [0.29, 0.717) is 4.57 Å². The lowest BCUT2D eigenvalue weighted by molar-refractivity contribution is -0.148. The summed E-state index contributed by atoms with van der Waals surface area (Å²) in [6, 6.07) is -0.782. The highest BCUT2D eigenvalue weighted by molar-refractivity contribution is 8.13. The second-order valence-electron chi connectivity index (χ2n) is 3.21. The molecule has 0 aliphatic rings. The molecular formula is C6H7ClF3N3O2S. The van der Waals surface area contributed by atoms with Gasteiger partial charge in [-0.2, -0.15) is 13.2 Å². The van der Waals surface area contributed by atoms with E-state index in [9.17, 15) is 21.6 Å². The number of nitrogens with zero attached hydrogens (tertiary/aromatic N) is 3. The highest BCUT2D eigenvalue weighted by Gasteiger charge is 2.40. The maximum Gasteiger partial charge on any atom is 0.451 e. The van der Waals surface area contributed by atoms with E-state index < -0.39 is 32.2 Å². The molecule has 0 atom stereocenters. The predicted octanol–water partition coefficient (Wildman–Crippen LogP) is 1.81. The summed E-state index contributed by atoms with van der Waals surface area (Å²) >= 11 is 0. The Bertz CT molecular complexity index is 494. The Kier molecular flexibility index (Phi) is 3.21. The van der Waals surface area contributed by atoms with Gasteiger partial charge in [-0.1, -0.05) is 0 Å². The van der Waals surface area contributed by atoms with Crippen molar-refractivity contribution >= 4 is 19.7 Å². The molecule has 0 spiro atoms. The van der Waals surface area contributed by atoms with Crippen molar-refractivity contribution in [2.75, 3.05) is 0 Å². The lowest BCUT2D eigenvalue weighted by Gasteiger charge is -2.13. The molecular weight excluding hydrogens is 271 g/mol. The highest BCUT2D eigenvalue weighted by atomic mass is 35.7. The minimum atomic E-state index is -4.78. The van der Waals surface area contributed by atoms with Crippen LogP contribution < -0.4 is 0 Å². The third-order valence-electron chi connectivity index (χ3n) is 1.65. The van der Waals surface area contributed by atoms with Gasteiger partial charge in [0.1, 0.15) is 0 Å². The van der Waals surface area contributed by atoms with Crippen LogP contribution in [0.2, 0.25) is 0 Å². The molecule has 92 valence electrons. The Balaban J connectivity index is 3.53. The van der Waals surface area contributed by atoms with E-state index in [-0.39, 0.29) is 0 Å². The summed E-state index contributed by atoms with van der Waals surface area (Å²) in [4.78, 5) is 0. The SMILES string of the molecule is CC(C)n1c(C(F)(F)F)nnc1S(=O)(=O)Cl. The molecule has 0 saturated heterocycles. The van der Waals surface area contributed by atoms with Crippen LogP contribution in [-0.4, -0.2) is 23.2 Å². The van der Waals surface area contributed by atoms with Crippen molar-refractivity contribution in [3.8, 4) is 0 Å². The standard InChI is InChI=1S/C6H7ClF3N3O2S/c1-3(2)13-4(6(8,9)10)11-12-5(13)16(7,14)15/h3H,1-2H3. The van der Waals surface area contributed by atoms with E-state index in [4.69, 9.17) is 10.7 Å². The van der Waals surface area contributed by atoms with E-state index >= 15 is 0 Å². The Morgan fingerprint density at radius 3 is 2.12 bits per heavy atom. The fourth-order valence-corrected chi connectivity index (χ4v) is 2.09. The van der Waals surface area contributed by atoms with Gasteiger partial charge in [0.25, 0.3) is 14.2 Å². The monoisotopic (exact) mass is 277 g/mol. The van der Waals surface area contributed by atoms with Gasteiger partial charge in [0.05, 0.1) is 0 Å². The second kappa shape index (κ2) is 3.88. The molecule has 1 aromatic heterocycles. The Labute approximate surface area is 93.6 Å². The van der Waals surface area contributed by atoms with Gasteiger partial charge in [-0.3, -0.25) is 4.57 Å². The summed E-state index contributed by atoms with van der Waals surface area (Å²) in [5.41, 5.74) is 0. The van der Waals surface area contributed by atoms with Crippen LogP contribution in [0, 0.1) is 0 Å². The van der Waals surface area contributed by atoms with Gasteiger partial charge in [-0.15, -0.1) is 10.2 Å². The zero-order chi connectivity index (χ0) is 12.7. The molecule has 1 rings (SSSR count). The quantitative estimate of drug-likeness (QED) is 0.773. The van der Waals surface area contributed by atoms with Crippen LogP contribution in [0.4, 0.5) is 13.2 Å². The molecule has 0 amide bonds. The smallest absolute Gasteiger partial charge is 0.291 e. The van der Waals surface area contributed by atoms with Crippen molar-refractivity contribution < 1.29 is 21.6 Å². The topological polar surface area (TPSA) is 64.8 Å². The number of alkyl halides is 3. The lowest BCUT2D eigenvalue weighted by atomic mass is 10.4. The van der Waals surface area contributed by atoms with Crippen molar-refractivity contribution in [2.24, 2.45) is 0 Å². The predicted molar refractivity (Wildman–Crippen MR) is 48.4 cm³/mol. The molecule has 1 heterocycles. The maximum absolute atomic E-state index is 12.4. The average Bonchev–Trinajstić information content (AvgIpc) is 2.43. The first-order valence-corrected chi connectivity index (χ1v) is 6.33. The second-order valence-corrected chi connectivity index (χ2v) is 5.67. The maximum atomic E-state index is 12.4. The average molecular weight is 278 g/mol. The highest BCUT2D eigenvalue weighted by Crippen LogP contribution is 2.31. The molecule has 10 heteroatoms. The molecule has 0 unspecified atom stereocenters. The fraction of sp³-hybridized carbons (Fsp3) is 0.667.